The van der Waals surface area contributed by atoms with Crippen LogP contribution in [0.1, 0.15) is 19.8 Å². The van der Waals surface area contributed by atoms with E-state index in [4.69, 9.17) is 15.0 Å². The van der Waals surface area contributed by atoms with E-state index >= 15 is 0 Å². The van der Waals surface area contributed by atoms with Gasteiger partial charge in [0.1, 0.15) is 12.5 Å². The summed E-state index contributed by atoms with van der Waals surface area (Å²) >= 11 is 0. The maximum Gasteiger partial charge on any atom is 0.115 e. The Hall–Kier alpha value is -1.35. The fourth-order valence-electron chi connectivity index (χ4n) is 0.586. The van der Waals surface area contributed by atoms with Gasteiger partial charge in [-0.3, -0.25) is 0 Å². The van der Waals surface area contributed by atoms with Gasteiger partial charge in [-0.1, -0.05) is 31.5 Å². The molecule has 0 aliphatic rings. The summed E-state index contributed by atoms with van der Waals surface area (Å²) in [6, 6.07) is 8.71. The van der Waals surface area contributed by atoms with Crippen molar-refractivity contribution in [2.75, 3.05) is 6.61 Å². The minimum atomic E-state index is 0.322. The number of rotatable bonds is 2. The third-order valence-corrected chi connectivity index (χ3v) is 1.27. The largest absolute Gasteiger partial charge is 0.508 e. The molecule has 0 saturated carbocycles. The minimum Gasteiger partial charge on any atom is -0.508 e. The van der Waals surface area contributed by atoms with Crippen LogP contribution in [0.25, 0.3) is 0 Å². The fraction of sp³-hybridized carbons (Fsp3) is 0.364. The van der Waals surface area contributed by atoms with Crippen molar-refractivity contribution in [3.8, 4) is 5.75 Å². The van der Waals surface area contributed by atoms with Crippen molar-refractivity contribution in [3.05, 3.63) is 30.3 Å². The van der Waals surface area contributed by atoms with E-state index in [-0.39, 0.29) is 0 Å². The summed E-state index contributed by atoms with van der Waals surface area (Å²) in [5.74, 6) is 0.322. The van der Waals surface area contributed by atoms with Crippen LogP contribution in [0.3, 0.4) is 0 Å². The standard InChI is InChI=1S/C6H6O.C4H10O.CH2O/c7-6-4-2-1-3-5-6;1-2-3-4-5;1-2/h1-5,7H;5H,2-4H2,1H3;1H2. The molecule has 0 spiro atoms. The quantitative estimate of drug-likeness (QED) is 0.764. The second-order valence-corrected chi connectivity index (χ2v) is 2.41. The van der Waals surface area contributed by atoms with Gasteiger partial charge < -0.3 is 15.0 Å². The number of phenolic OH excluding ortho intramolecular Hbond substituents is 1. The Labute approximate surface area is 85.0 Å². The van der Waals surface area contributed by atoms with Crippen molar-refractivity contribution in [1.29, 1.82) is 0 Å². The van der Waals surface area contributed by atoms with Crippen molar-refractivity contribution in [2.24, 2.45) is 0 Å². The highest BCUT2D eigenvalue weighted by Crippen LogP contribution is 2.02. The van der Waals surface area contributed by atoms with E-state index in [0.717, 1.165) is 12.8 Å². The molecule has 0 atom stereocenters. The van der Waals surface area contributed by atoms with Gasteiger partial charge >= 0.3 is 0 Å². The van der Waals surface area contributed by atoms with Crippen LogP contribution >= 0.6 is 0 Å². The van der Waals surface area contributed by atoms with E-state index in [0.29, 0.717) is 12.4 Å². The zero-order valence-electron chi connectivity index (χ0n) is 8.52. The zero-order valence-corrected chi connectivity index (χ0v) is 8.52. The van der Waals surface area contributed by atoms with E-state index in [1.54, 1.807) is 24.3 Å². The number of para-hydroxylation sites is 1. The van der Waals surface area contributed by atoms with E-state index in [2.05, 4.69) is 6.92 Å². The van der Waals surface area contributed by atoms with Crippen LogP contribution in [-0.2, 0) is 4.79 Å². The summed E-state index contributed by atoms with van der Waals surface area (Å²) < 4.78 is 0. The van der Waals surface area contributed by atoms with Crippen LogP contribution in [0.15, 0.2) is 30.3 Å². The lowest BCUT2D eigenvalue weighted by molar-refractivity contribution is -0.0979. The van der Waals surface area contributed by atoms with Crippen molar-refractivity contribution in [1.82, 2.24) is 0 Å². The van der Waals surface area contributed by atoms with Gasteiger partial charge in [0.25, 0.3) is 0 Å². The molecule has 2 N–H and O–H groups in total. The van der Waals surface area contributed by atoms with Crippen molar-refractivity contribution >= 4 is 6.79 Å². The average molecular weight is 198 g/mol. The molecule has 0 aliphatic heterocycles. The van der Waals surface area contributed by atoms with Gasteiger partial charge in [-0.15, -0.1) is 0 Å². The molecule has 0 saturated heterocycles. The van der Waals surface area contributed by atoms with Crippen LogP contribution in [-0.4, -0.2) is 23.6 Å². The monoisotopic (exact) mass is 198 g/mol. The maximum atomic E-state index is 8.63. The molecular weight excluding hydrogens is 180 g/mol. The Morgan fingerprint density at radius 1 is 1.21 bits per heavy atom. The van der Waals surface area contributed by atoms with Gasteiger partial charge in [0.2, 0.25) is 0 Å². The molecule has 0 fully saturated rings. The summed E-state index contributed by atoms with van der Waals surface area (Å²) in [5.41, 5.74) is 0. The lowest BCUT2D eigenvalue weighted by atomic mass is 10.3. The number of aliphatic hydroxyl groups is 1. The fourth-order valence-corrected chi connectivity index (χ4v) is 0.586. The Balaban J connectivity index is 0. The molecule has 0 aliphatic carbocycles. The summed E-state index contributed by atoms with van der Waals surface area (Å²) in [5, 5.41) is 16.7. The number of aliphatic hydroxyl groups excluding tert-OH is 1. The molecule has 0 amide bonds. The predicted octanol–water partition coefficient (Wildman–Crippen LogP) is 1.99. The second-order valence-electron chi connectivity index (χ2n) is 2.41. The molecule has 1 aromatic carbocycles. The minimum absolute atomic E-state index is 0.322. The number of carbonyl (C=O) groups is 1. The van der Waals surface area contributed by atoms with E-state index in [1.165, 1.54) is 0 Å². The molecule has 3 heteroatoms. The van der Waals surface area contributed by atoms with Gasteiger partial charge in [0, 0.05) is 6.61 Å². The molecule has 0 radical (unpaired) electrons. The van der Waals surface area contributed by atoms with Gasteiger partial charge in [-0.25, -0.2) is 0 Å². The first-order valence-corrected chi connectivity index (χ1v) is 4.45. The van der Waals surface area contributed by atoms with Crippen molar-refractivity contribution < 1.29 is 15.0 Å². The summed E-state index contributed by atoms with van der Waals surface area (Å²) in [7, 11) is 0. The topological polar surface area (TPSA) is 57.5 Å². The number of benzene rings is 1. The van der Waals surface area contributed by atoms with Gasteiger partial charge in [-0.05, 0) is 18.6 Å². The van der Waals surface area contributed by atoms with Gasteiger partial charge in [0.15, 0.2) is 0 Å². The Bertz CT molecular complexity index is 185. The molecule has 0 heterocycles. The number of unbranched alkanes of at least 4 members (excludes halogenated alkanes) is 1. The Morgan fingerprint density at radius 2 is 1.71 bits per heavy atom. The molecule has 1 rings (SSSR count). The van der Waals surface area contributed by atoms with E-state index in [1.807, 2.05) is 12.9 Å². The SMILES string of the molecule is C=O.CCCCO.Oc1ccccc1. The van der Waals surface area contributed by atoms with Crippen LogP contribution in [0, 0.1) is 0 Å². The first-order valence-electron chi connectivity index (χ1n) is 4.45. The zero-order chi connectivity index (χ0) is 11.2. The normalized spacial score (nSPS) is 7.57. The average Bonchev–Trinajstić information content (AvgIpc) is 2.24. The highest BCUT2D eigenvalue weighted by atomic mass is 16.3. The first-order chi connectivity index (χ1) is 6.81. The molecule has 0 unspecified atom stereocenters. The Morgan fingerprint density at radius 3 is 1.86 bits per heavy atom. The van der Waals surface area contributed by atoms with Crippen molar-refractivity contribution in [3.63, 3.8) is 0 Å². The van der Waals surface area contributed by atoms with E-state index < -0.39 is 0 Å². The first kappa shape index (κ1) is 15.1. The highest BCUT2D eigenvalue weighted by Gasteiger charge is 1.74. The van der Waals surface area contributed by atoms with Gasteiger partial charge in [-0.2, -0.15) is 0 Å². The molecule has 0 bridgehead atoms. The maximum absolute atomic E-state index is 8.63. The number of carbonyl (C=O) groups excluding carboxylic acids is 1. The summed E-state index contributed by atoms with van der Waals surface area (Å²) in [6.45, 7) is 4.40. The van der Waals surface area contributed by atoms with Crippen LogP contribution in [0.2, 0.25) is 0 Å². The molecule has 1 aromatic rings. The molecule has 3 nitrogen and oxygen atoms in total. The summed E-state index contributed by atoms with van der Waals surface area (Å²) in [6.07, 6.45) is 2.04. The molecule has 14 heavy (non-hydrogen) atoms. The number of aromatic hydroxyl groups is 1. The third-order valence-electron chi connectivity index (χ3n) is 1.27. The highest BCUT2D eigenvalue weighted by molar-refractivity contribution is 5.18. The molecule has 80 valence electrons. The van der Waals surface area contributed by atoms with Gasteiger partial charge in [0.05, 0.1) is 0 Å². The smallest absolute Gasteiger partial charge is 0.115 e. The van der Waals surface area contributed by atoms with Crippen molar-refractivity contribution in [2.45, 2.75) is 19.8 Å². The summed E-state index contributed by atoms with van der Waals surface area (Å²) in [4.78, 5) is 8.00. The van der Waals surface area contributed by atoms with Crippen LogP contribution in [0.5, 0.6) is 5.75 Å². The van der Waals surface area contributed by atoms with Crippen LogP contribution in [0.4, 0.5) is 0 Å². The Kier molecular flexibility index (Phi) is 15.3. The number of hydrogen-bond donors (Lipinski definition) is 2. The van der Waals surface area contributed by atoms with Crippen LogP contribution < -0.4 is 0 Å². The predicted molar refractivity (Wildman–Crippen MR) is 57.2 cm³/mol. The second kappa shape index (κ2) is 14.2. The third kappa shape index (κ3) is 13.3. The molecule has 0 aromatic heterocycles. The number of hydrogen-bond acceptors (Lipinski definition) is 3. The van der Waals surface area contributed by atoms with E-state index in [9.17, 15) is 0 Å². The lowest BCUT2D eigenvalue weighted by Crippen LogP contribution is -1.75. The lowest BCUT2D eigenvalue weighted by Gasteiger charge is -1.82. The molecular formula is C11H18O3. The number of phenols is 1.